The standard InChI is InChI=1S/C19H19Cl2N5O3/c20-13-4-3-12(14(21)9-13)10-26-15(5-8-22-26)23-16(27)11-25-17(28)19(24-18(25)29)6-1-2-7-19/h3-5,8-9H,1-2,6-7,10-11H2,(H,23,27)(H,24,29). The fourth-order valence-corrected chi connectivity index (χ4v) is 4.31. The van der Waals surface area contributed by atoms with Gasteiger partial charge in [0.25, 0.3) is 5.91 Å². The van der Waals surface area contributed by atoms with Crippen molar-refractivity contribution in [1.29, 1.82) is 0 Å². The monoisotopic (exact) mass is 435 g/mol. The molecule has 0 bridgehead atoms. The number of anilines is 1. The highest BCUT2D eigenvalue weighted by molar-refractivity contribution is 6.35. The molecule has 2 heterocycles. The van der Waals surface area contributed by atoms with Crippen molar-refractivity contribution in [2.45, 2.75) is 37.8 Å². The van der Waals surface area contributed by atoms with Gasteiger partial charge in [-0.25, -0.2) is 9.48 Å². The van der Waals surface area contributed by atoms with E-state index in [2.05, 4.69) is 15.7 Å². The number of benzene rings is 1. The summed E-state index contributed by atoms with van der Waals surface area (Å²) < 4.78 is 1.57. The largest absolute Gasteiger partial charge is 0.325 e. The summed E-state index contributed by atoms with van der Waals surface area (Å²) in [6.07, 6.45) is 4.55. The van der Waals surface area contributed by atoms with E-state index in [-0.39, 0.29) is 12.5 Å². The Bertz CT molecular complexity index is 984. The highest BCUT2D eigenvalue weighted by Gasteiger charge is 2.52. The Kier molecular flexibility index (Phi) is 5.23. The Morgan fingerprint density at radius 3 is 2.69 bits per heavy atom. The molecule has 2 aromatic rings. The molecule has 4 amide bonds. The van der Waals surface area contributed by atoms with Crippen LogP contribution in [0.25, 0.3) is 0 Å². The number of hydrogen-bond acceptors (Lipinski definition) is 4. The molecule has 4 rings (SSSR count). The van der Waals surface area contributed by atoms with Crippen molar-refractivity contribution in [2.75, 3.05) is 11.9 Å². The predicted molar refractivity (Wildman–Crippen MR) is 108 cm³/mol. The van der Waals surface area contributed by atoms with Gasteiger partial charge >= 0.3 is 6.03 Å². The summed E-state index contributed by atoms with van der Waals surface area (Å²) in [4.78, 5) is 38.4. The van der Waals surface area contributed by atoms with Crippen LogP contribution in [-0.2, 0) is 16.1 Å². The Morgan fingerprint density at radius 1 is 1.21 bits per heavy atom. The molecule has 0 radical (unpaired) electrons. The molecular formula is C19H19Cl2N5O3. The summed E-state index contributed by atoms with van der Waals surface area (Å²) in [5.41, 5.74) is -0.0441. The van der Waals surface area contributed by atoms with Crippen LogP contribution in [0.1, 0.15) is 31.2 Å². The smallest absolute Gasteiger partial charge is 0.323 e. The van der Waals surface area contributed by atoms with Crippen LogP contribution >= 0.6 is 23.2 Å². The van der Waals surface area contributed by atoms with Gasteiger partial charge in [-0.3, -0.25) is 14.5 Å². The lowest BCUT2D eigenvalue weighted by atomic mass is 9.98. The highest BCUT2D eigenvalue weighted by atomic mass is 35.5. The van der Waals surface area contributed by atoms with Crippen LogP contribution in [-0.4, -0.2) is 44.6 Å². The van der Waals surface area contributed by atoms with E-state index in [1.54, 1.807) is 35.1 Å². The van der Waals surface area contributed by atoms with Crippen molar-refractivity contribution in [2.24, 2.45) is 0 Å². The maximum atomic E-state index is 12.7. The molecule has 1 aliphatic heterocycles. The first-order chi connectivity index (χ1) is 13.9. The first-order valence-corrected chi connectivity index (χ1v) is 10.0. The Labute approximate surface area is 177 Å². The number of amides is 4. The van der Waals surface area contributed by atoms with Crippen molar-refractivity contribution < 1.29 is 14.4 Å². The maximum absolute atomic E-state index is 12.7. The molecule has 1 aromatic carbocycles. The van der Waals surface area contributed by atoms with Gasteiger partial charge in [0.05, 0.1) is 12.7 Å². The van der Waals surface area contributed by atoms with E-state index < -0.39 is 17.5 Å². The second-order valence-corrected chi connectivity index (χ2v) is 8.11. The van der Waals surface area contributed by atoms with Crippen molar-refractivity contribution >= 4 is 46.9 Å². The van der Waals surface area contributed by atoms with E-state index in [4.69, 9.17) is 23.2 Å². The molecule has 1 aromatic heterocycles. The van der Waals surface area contributed by atoms with Crippen molar-refractivity contribution in [3.05, 3.63) is 46.1 Å². The lowest BCUT2D eigenvalue weighted by Gasteiger charge is -2.19. The molecule has 2 fully saturated rings. The zero-order valence-electron chi connectivity index (χ0n) is 15.5. The number of nitrogens with one attached hydrogen (secondary N) is 2. The van der Waals surface area contributed by atoms with Crippen LogP contribution in [0.2, 0.25) is 10.0 Å². The van der Waals surface area contributed by atoms with Gasteiger partial charge in [0.1, 0.15) is 17.9 Å². The number of aromatic nitrogens is 2. The second-order valence-electron chi connectivity index (χ2n) is 7.27. The van der Waals surface area contributed by atoms with Crippen LogP contribution < -0.4 is 10.6 Å². The Morgan fingerprint density at radius 2 is 1.97 bits per heavy atom. The number of rotatable bonds is 5. The zero-order chi connectivity index (χ0) is 20.6. The molecule has 1 aliphatic carbocycles. The van der Waals surface area contributed by atoms with Gasteiger partial charge in [0, 0.05) is 16.1 Å². The molecule has 1 spiro atoms. The van der Waals surface area contributed by atoms with Gasteiger partial charge in [-0.1, -0.05) is 42.1 Å². The summed E-state index contributed by atoms with van der Waals surface area (Å²) in [5, 5.41) is 10.7. The third kappa shape index (κ3) is 3.82. The molecule has 2 N–H and O–H groups in total. The number of carbonyl (C=O) groups is 3. The lowest BCUT2D eigenvalue weighted by Crippen LogP contribution is -2.44. The molecule has 1 saturated heterocycles. The second kappa shape index (κ2) is 7.68. The first-order valence-electron chi connectivity index (χ1n) is 9.28. The fourth-order valence-electron chi connectivity index (χ4n) is 3.84. The van der Waals surface area contributed by atoms with Crippen molar-refractivity contribution in [3.63, 3.8) is 0 Å². The number of urea groups is 1. The number of imide groups is 1. The average molecular weight is 436 g/mol. The van der Waals surface area contributed by atoms with E-state index in [0.29, 0.717) is 35.2 Å². The van der Waals surface area contributed by atoms with Crippen molar-refractivity contribution in [1.82, 2.24) is 20.0 Å². The predicted octanol–water partition coefficient (Wildman–Crippen LogP) is 3.04. The van der Waals surface area contributed by atoms with Crippen LogP contribution in [0.15, 0.2) is 30.5 Å². The maximum Gasteiger partial charge on any atom is 0.325 e. The summed E-state index contributed by atoms with van der Waals surface area (Å²) in [6, 6.07) is 6.25. The van der Waals surface area contributed by atoms with Gasteiger partial charge in [0.2, 0.25) is 5.91 Å². The van der Waals surface area contributed by atoms with E-state index in [1.807, 2.05) is 0 Å². The van der Waals surface area contributed by atoms with Crippen molar-refractivity contribution in [3.8, 4) is 0 Å². The topological polar surface area (TPSA) is 96.3 Å². The summed E-state index contributed by atoms with van der Waals surface area (Å²) in [6.45, 7) is -0.0237. The van der Waals surface area contributed by atoms with Gasteiger partial charge in [0.15, 0.2) is 0 Å². The molecule has 0 unspecified atom stereocenters. The molecule has 152 valence electrons. The molecule has 2 aliphatic rings. The van der Waals surface area contributed by atoms with Crippen LogP contribution in [0.5, 0.6) is 0 Å². The minimum absolute atomic E-state index is 0.323. The third-order valence-electron chi connectivity index (χ3n) is 5.32. The van der Waals surface area contributed by atoms with E-state index in [0.717, 1.165) is 23.3 Å². The summed E-state index contributed by atoms with van der Waals surface area (Å²) in [7, 11) is 0. The quantitative estimate of drug-likeness (QED) is 0.705. The van der Waals surface area contributed by atoms with Gasteiger partial charge in [-0.05, 0) is 30.5 Å². The van der Waals surface area contributed by atoms with Crippen LogP contribution in [0.3, 0.4) is 0 Å². The molecule has 1 saturated carbocycles. The van der Waals surface area contributed by atoms with Crippen LogP contribution in [0, 0.1) is 0 Å². The molecular weight excluding hydrogens is 417 g/mol. The minimum atomic E-state index is -0.829. The molecule has 0 atom stereocenters. The van der Waals surface area contributed by atoms with E-state index in [1.165, 1.54) is 0 Å². The lowest BCUT2D eigenvalue weighted by molar-refractivity contribution is -0.133. The molecule has 8 nitrogen and oxygen atoms in total. The number of carbonyl (C=O) groups excluding carboxylic acids is 3. The fraction of sp³-hybridized carbons (Fsp3) is 0.368. The van der Waals surface area contributed by atoms with Crippen LogP contribution in [0.4, 0.5) is 10.6 Å². The average Bonchev–Trinajstić information content (AvgIpc) is 3.36. The molecule has 10 heteroatoms. The number of hydrogen-bond donors (Lipinski definition) is 2. The zero-order valence-corrected chi connectivity index (χ0v) is 17.0. The highest BCUT2D eigenvalue weighted by Crippen LogP contribution is 2.35. The third-order valence-corrected chi connectivity index (χ3v) is 5.91. The Balaban J connectivity index is 1.43. The van der Waals surface area contributed by atoms with Gasteiger partial charge in [-0.15, -0.1) is 0 Å². The minimum Gasteiger partial charge on any atom is -0.323 e. The first kappa shape index (κ1) is 19.7. The summed E-state index contributed by atoms with van der Waals surface area (Å²) in [5.74, 6) is -0.368. The SMILES string of the molecule is O=C(CN1C(=O)NC2(CCCC2)C1=O)Nc1ccnn1Cc1ccc(Cl)cc1Cl. The van der Waals surface area contributed by atoms with Gasteiger partial charge in [-0.2, -0.15) is 5.10 Å². The summed E-state index contributed by atoms with van der Waals surface area (Å²) >= 11 is 12.1. The molecule has 29 heavy (non-hydrogen) atoms. The van der Waals surface area contributed by atoms with E-state index in [9.17, 15) is 14.4 Å². The normalized spacial score (nSPS) is 17.8. The number of nitrogens with zero attached hydrogens (tertiary/aromatic N) is 3. The van der Waals surface area contributed by atoms with Gasteiger partial charge < -0.3 is 10.6 Å². The number of halogens is 2. The Hall–Kier alpha value is -2.58. The van der Waals surface area contributed by atoms with E-state index >= 15 is 0 Å².